The van der Waals surface area contributed by atoms with Crippen molar-refractivity contribution in [3.05, 3.63) is 64.2 Å². The maximum atomic E-state index is 13.2. The molecule has 4 rings (SSSR count). The number of piperazine rings is 1. The van der Waals surface area contributed by atoms with E-state index in [1.165, 1.54) is 5.56 Å². The monoisotopic (exact) mass is 465 g/mol. The second kappa shape index (κ2) is 9.79. The van der Waals surface area contributed by atoms with Gasteiger partial charge in [-0.25, -0.2) is 9.78 Å². The number of amides is 2. The van der Waals surface area contributed by atoms with Crippen molar-refractivity contribution in [2.75, 3.05) is 32.8 Å². The van der Waals surface area contributed by atoms with E-state index in [-0.39, 0.29) is 12.0 Å². The predicted molar refractivity (Wildman–Crippen MR) is 131 cm³/mol. The number of hydrogen-bond donors (Lipinski definition) is 0. The van der Waals surface area contributed by atoms with Crippen molar-refractivity contribution in [2.24, 2.45) is 0 Å². The van der Waals surface area contributed by atoms with Crippen LogP contribution in [-0.4, -0.2) is 59.6 Å². The van der Waals surface area contributed by atoms with Gasteiger partial charge in [0.25, 0.3) is 5.91 Å². The number of aryl methyl sites for hydroxylation is 1. The summed E-state index contributed by atoms with van der Waals surface area (Å²) in [6.45, 7) is 8.24. The Bertz CT molecular complexity index is 1190. The molecule has 2 heterocycles. The summed E-state index contributed by atoms with van der Waals surface area (Å²) in [5.74, 6) is -0.0751. The first-order chi connectivity index (χ1) is 15.9. The number of carbonyl (C=O) groups excluding carboxylic acids is 2. The van der Waals surface area contributed by atoms with Crippen LogP contribution in [0.3, 0.4) is 0 Å². The normalized spacial score (nSPS) is 13.9. The lowest BCUT2D eigenvalue weighted by Crippen LogP contribution is -2.50. The molecule has 0 N–H and O–H groups in total. The van der Waals surface area contributed by atoms with Crippen LogP contribution in [0.25, 0.3) is 22.2 Å². The van der Waals surface area contributed by atoms with Crippen molar-refractivity contribution in [3.63, 3.8) is 0 Å². The molecule has 7 heteroatoms. The molecule has 0 unspecified atom stereocenters. The van der Waals surface area contributed by atoms with E-state index in [1.807, 2.05) is 57.2 Å². The first-order valence-corrected chi connectivity index (χ1v) is 11.6. The highest BCUT2D eigenvalue weighted by molar-refractivity contribution is 6.36. The highest BCUT2D eigenvalue weighted by Crippen LogP contribution is 2.33. The third-order valence-electron chi connectivity index (χ3n) is 5.98. The second-order valence-electron chi connectivity index (χ2n) is 8.39. The van der Waals surface area contributed by atoms with Gasteiger partial charge in [0.1, 0.15) is 0 Å². The molecule has 2 aromatic carbocycles. The van der Waals surface area contributed by atoms with E-state index in [1.54, 1.807) is 15.9 Å². The van der Waals surface area contributed by atoms with Gasteiger partial charge in [-0.1, -0.05) is 54.4 Å². The molecule has 172 valence electrons. The van der Waals surface area contributed by atoms with E-state index in [9.17, 15) is 9.59 Å². The molecule has 1 aliphatic heterocycles. The lowest BCUT2D eigenvalue weighted by molar-refractivity contribution is 0.0560. The van der Waals surface area contributed by atoms with Crippen LogP contribution in [0, 0.1) is 13.8 Å². The SMILES string of the molecule is CCCOC(=O)N1CCN(C(=O)c2ccc3c(Cl)c(C)c(-c4ccc(C)cc4)nc3c2)CC1. The predicted octanol–water partition coefficient (Wildman–Crippen LogP) is 5.48. The number of aromatic nitrogens is 1. The number of ether oxygens (including phenoxy) is 1. The number of nitrogens with zero attached hydrogens (tertiary/aromatic N) is 3. The fourth-order valence-corrected chi connectivity index (χ4v) is 4.25. The Hall–Kier alpha value is -3.12. The summed E-state index contributed by atoms with van der Waals surface area (Å²) in [6.07, 6.45) is 0.475. The van der Waals surface area contributed by atoms with Gasteiger partial charge in [0.05, 0.1) is 22.8 Å². The van der Waals surface area contributed by atoms with Gasteiger partial charge >= 0.3 is 6.09 Å². The van der Waals surface area contributed by atoms with Gasteiger partial charge in [0, 0.05) is 42.7 Å². The maximum absolute atomic E-state index is 13.2. The molecule has 6 nitrogen and oxygen atoms in total. The molecule has 1 aromatic heterocycles. The number of carbonyl (C=O) groups is 2. The summed E-state index contributed by atoms with van der Waals surface area (Å²) < 4.78 is 5.20. The average Bonchev–Trinajstić information content (AvgIpc) is 2.84. The molecule has 2 amide bonds. The molecule has 0 radical (unpaired) electrons. The van der Waals surface area contributed by atoms with Crippen LogP contribution in [0.15, 0.2) is 42.5 Å². The molecule has 0 aliphatic carbocycles. The summed E-state index contributed by atoms with van der Waals surface area (Å²) in [6, 6.07) is 13.6. The van der Waals surface area contributed by atoms with Crippen LogP contribution in [0.4, 0.5) is 4.79 Å². The minimum Gasteiger partial charge on any atom is -0.449 e. The van der Waals surface area contributed by atoms with Crippen LogP contribution in [0.5, 0.6) is 0 Å². The maximum Gasteiger partial charge on any atom is 0.409 e. The third kappa shape index (κ3) is 4.81. The zero-order valence-electron chi connectivity index (χ0n) is 19.2. The van der Waals surface area contributed by atoms with Gasteiger partial charge in [0.2, 0.25) is 0 Å². The van der Waals surface area contributed by atoms with Crippen LogP contribution in [-0.2, 0) is 4.74 Å². The summed E-state index contributed by atoms with van der Waals surface area (Å²) in [5.41, 5.74) is 5.15. The van der Waals surface area contributed by atoms with Gasteiger partial charge in [-0.2, -0.15) is 0 Å². The Morgan fingerprint density at radius 1 is 1.00 bits per heavy atom. The fourth-order valence-electron chi connectivity index (χ4n) is 4.00. The third-order valence-corrected chi connectivity index (χ3v) is 6.46. The van der Waals surface area contributed by atoms with Gasteiger partial charge in [-0.05, 0) is 38.0 Å². The number of halogens is 1. The van der Waals surface area contributed by atoms with E-state index in [0.29, 0.717) is 48.9 Å². The molecule has 3 aromatic rings. The topological polar surface area (TPSA) is 62.7 Å². The summed E-state index contributed by atoms with van der Waals surface area (Å²) in [5, 5.41) is 1.47. The minimum atomic E-state index is -0.312. The first kappa shape index (κ1) is 23.1. The molecule has 0 bridgehead atoms. The Kier molecular flexibility index (Phi) is 6.84. The quantitative estimate of drug-likeness (QED) is 0.512. The standard InChI is InChI=1S/C26H28ClN3O3/c1-4-15-33-26(32)30-13-11-29(12-14-30)25(31)20-9-10-21-22(16-20)28-24(18(3)23(21)27)19-7-5-17(2)6-8-19/h5-10,16H,4,11-15H2,1-3H3. The van der Waals surface area contributed by atoms with Crippen LogP contribution in [0.1, 0.15) is 34.8 Å². The largest absolute Gasteiger partial charge is 0.449 e. The molecular weight excluding hydrogens is 438 g/mol. The molecular formula is C26H28ClN3O3. The molecule has 1 aliphatic rings. The fraction of sp³-hybridized carbons (Fsp3) is 0.346. The highest BCUT2D eigenvalue weighted by Gasteiger charge is 2.26. The Morgan fingerprint density at radius 2 is 1.67 bits per heavy atom. The van der Waals surface area contributed by atoms with Gasteiger partial charge in [0.15, 0.2) is 0 Å². The van der Waals surface area contributed by atoms with Crippen LogP contribution >= 0.6 is 11.6 Å². The number of benzene rings is 2. The van der Waals surface area contributed by atoms with E-state index >= 15 is 0 Å². The number of pyridine rings is 1. The van der Waals surface area contributed by atoms with E-state index in [0.717, 1.165) is 28.6 Å². The Morgan fingerprint density at radius 3 is 2.33 bits per heavy atom. The number of fused-ring (bicyclic) bond motifs is 1. The summed E-state index contributed by atoms with van der Waals surface area (Å²) >= 11 is 6.69. The number of hydrogen-bond acceptors (Lipinski definition) is 4. The van der Waals surface area contributed by atoms with Gasteiger partial charge in [-0.3, -0.25) is 4.79 Å². The van der Waals surface area contributed by atoms with Crippen LogP contribution in [0.2, 0.25) is 5.02 Å². The van der Waals surface area contributed by atoms with Crippen molar-refractivity contribution in [2.45, 2.75) is 27.2 Å². The van der Waals surface area contributed by atoms with E-state index in [4.69, 9.17) is 21.3 Å². The summed E-state index contributed by atoms with van der Waals surface area (Å²) in [4.78, 5) is 33.5. The second-order valence-corrected chi connectivity index (χ2v) is 8.77. The van der Waals surface area contributed by atoms with Crippen molar-refractivity contribution in [1.29, 1.82) is 0 Å². The number of rotatable bonds is 4. The van der Waals surface area contributed by atoms with Crippen LogP contribution < -0.4 is 0 Å². The van der Waals surface area contributed by atoms with Gasteiger partial charge in [-0.15, -0.1) is 0 Å². The van der Waals surface area contributed by atoms with Crippen molar-refractivity contribution in [1.82, 2.24) is 14.8 Å². The molecule has 0 saturated carbocycles. The van der Waals surface area contributed by atoms with E-state index < -0.39 is 0 Å². The smallest absolute Gasteiger partial charge is 0.409 e. The zero-order valence-corrected chi connectivity index (χ0v) is 20.0. The van der Waals surface area contributed by atoms with E-state index in [2.05, 4.69) is 0 Å². The van der Waals surface area contributed by atoms with Crippen molar-refractivity contribution >= 4 is 34.5 Å². The summed E-state index contributed by atoms with van der Waals surface area (Å²) in [7, 11) is 0. The van der Waals surface area contributed by atoms with Crippen molar-refractivity contribution in [3.8, 4) is 11.3 Å². The lowest BCUT2D eigenvalue weighted by Gasteiger charge is -2.34. The van der Waals surface area contributed by atoms with Crippen molar-refractivity contribution < 1.29 is 14.3 Å². The first-order valence-electron chi connectivity index (χ1n) is 11.3. The van der Waals surface area contributed by atoms with Gasteiger partial charge < -0.3 is 14.5 Å². The average molecular weight is 466 g/mol. The Balaban J connectivity index is 1.56. The molecule has 0 atom stereocenters. The molecule has 1 fully saturated rings. The molecule has 33 heavy (non-hydrogen) atoms. The lowest BCUT2D eigenvalue weighted by atomic mass is 10.0. The zero-order chi connectivity index (χ0) is 23.5. The Labute approximate surface area is 199 Å². The highest BCUT2D eigenvalue weighted by atomic mass is 35.5. The molecule has 1 saturated heterocycles. The molecule has 0 spiro atoms. The minimum absolute atomic E-state index is 0.0751.